The molecule has 2 aliphatic rings. The zero-order valence-electron chi connectivity index (χ0n) is 9.02. The summed E-state index contributed by atoms with van der Waals surface area (Å²) in [5.41, 5.74) is 8.76. The van der Waals surface area contributed by atoms with Crippen molar-refractivity contribution in [3.05, 3.63) is 29.8 Å². The van der Waals surface area contributed by atoms with Crippen molar-refractivity contribution in [1.29, 1.82) is 0 Å². The Labute approximate surface area is 91.1 Å². The van der Waals surface area contributed by atoms with Crippen molar-refractivity contribution in [2.24, 2.45) is 11.7 Å². The molecule has 0 spiro atoms. The first kappa shape index (κ1) is 9.22. The van der Waals surface area contributed by atoms with Crippen molar-refractivity contribution in [3.63, 3.8) is 0 Å². The van der Waals surface area contributed by atoms with Crippen molar-refractivity contribution < 1.29 is 0 Å². The molecular formula is C13H18N2. The highest BCUT2D eigenvalue weighted by Crippen LogP contribution is 2.38. The SMILES string of the molecule is NCC1CCC1N1CCc2ccccc21. The molecule has 0 saturated heterocycles. The normalized spacial score (nSPS) is 28.7. The predicted octanol–water partition coefficient (Wildman–Crippen LogP) is 1.79. The van der Waals surface area contributed by atoms with E-state index in [1.807, 2.05) is 0 Å². The van der Waals surface area contributed by atoms with Crippen LogP contribution in [0.1, 0.15) is 18.4 Å². The summed E-state index contributed by atoms with van der Waals surface area (Å²) < 4.78 is 0. The molecule has 1 aliphatic heterocycles. The largest absolute Gasteiger partial charge is 0.368 e. The van der Waals surface area contributed by atoms with Gasteiger partial charge < -0.3 is 10.6 Å². The molecule has 15 heavy (non-hydrogen) atoms. The highest BCUT2D eigenvalue weighted by atomic mass is 15.2. The first-order valence-corrected chi connectivity index (χ1v) is 5.95. The predicted molar refractivity (Wildman–Crippen MR) is 63.1 cm³/mol. The quantitative estimate of drug-likeness (QED) is 0.792. The molecule has 1 aliphatic carbocycles. The van der Waals surface area contributed by atoms with Crippen LogP contribution in [0, 0.1) is 5.92 Å². The van der Waals surface area contributed by atoms with Crippen LogP contribution in [0.4, 0.5) is 5.69 Å². The fourth-order valence-electron chi connectivity index (χ4n) is 2.94. The van der Waals surface area contributed by atoms with Crippen LogP contribution < -0.4 is 10.6 Å². The zero-order valence-corrected chi connectivity index (χ0v) is 9.02. The van der Waals surface area contributed by atoms with Crippen LogP contribution in [0.25, 0.3) is 0 Å². The Morgan fingerprint density at radius 3 is 2.87 bits per heavy atom. The number of para-hydroxylation sites is 1. The molecule has 0 radical (unpaired) electrons. The number of nitrogens with zero attached hydrogens (tertiary/aromatic N) is 1. The Bertz CT molecular complexity index is 359. The minimum absolute atomic E-state index is 0.721. The van der Waals surface area contributed by atoms with Crippen LogP contribution in [0.2, 0.25) is 0 Å². The van der Waals surface area contributed by atoms with Crippen LogP contribution >= 0.6 is 0 Å². The monoisotopic (exact) mass is 202 g/mol. The van der Waals surface area contributed by atoms with E-state index in [2.05, 4.69) is 29.2 Å². The van der Waals surface area contributed by atoms with E-state index in [0.29, 0.717) is 0 Å². The lowest BCUT2D eigenvalue weighted by molar-refractivity contribution is 0.252. The summed E-state index contributed by atoms with van der Waals surface area (Å²) >= 11 is 0. The maximum atomic E-state index is 5.79. The summed E-state index contributed by atoms with van der Waals surface area (Å²) in [6, 6.07) is 9.52. The minimum Gasteiger partial charge on any atom is -0.368 e. The molecule has 1 fully saturated rings. The molecule has 2 unspecified atom stereocenters. The second-order valence-electron chi connectivity index (χ2n) is 4.71. The molecule has 2 nitrogen and oxygen atoms in total. The fraction of sp³-hybridized carbons (Fsp3) is 0.538. The number of hydrogen-bond acceptors (Lipinski definition) is 2. The zero-order chi connectivity index (χ0) is 10.3. The molecule has 2 N–H and O–H groups in total. The number of rotatable bonds is 2. The van der Waals surface area contributed by atoms with Gasteiger partial charge in [0.15, 0.2) is 0 Å². The number of anilines is 1. The highest BCUT2D eigenvalue weighted by Gasteiger charge is 2.36. The van der Waals surface area contributed by atoms with Gasteiger partial charge in [-0.15, -0.1) is 0 Å². The number of nitrogens with two attached hydrogens (primary N) is 1. The van der Waals surface area contributed by atoms with E-state index in [1.165, 1.54) is 37.1 Å². The van der Waals surface area contributed by atoms with E-state index in [9.17, 15) is 0 Å². The minimum atomic E-state index is 0.721. The molecular weight excluding hydrogens is 184 g/mol. The summed E-state index contributed by atoms with van der Waals surface area (Å²) in [4.78, 5) is 2.58. The van der Waals surface area contributed by atoms with Gasteiger partial charge >= 0.3 is 0 Å². The van der Waals surface area contributed by atoms with Gasteiger partial charge in [0, 0.05) is 18.3 Å². The van der Waals surface area contributed by atoms with E-state index in [1.54, 1.807) is 0 Å². The van der Waals surface area contributed by atoms with Crippen molar-refractivity contribution >= 4 is 5.69 Å². The molecule has 0 amide bonds. The van der Waals surface area contributed by atoms with Crippen molar-refractivity contribution in [3.8, 4) is 0 Å². The third kappa shape index (κ3) is 1.36. The third-order valence-electron chi connectivity index (χ3n) is 4.00. The maximum Gasteiger partial charge on any atom is 0.0402 e. The van der Waals surface area contributed by atoms with Gasteiger partial charge in [0.1, 0.15) is 0 Å². The summed E-state index contributed by atoms with van der Waals surface area (Å²) in [5.74, 6) is 0.733. The van der Waals surface area contributed by atoms with E-state index in [4.69, 9.17) is 5.73 Å². The van der Waals surface area contributed by atoms with Gasteiger partial charge in [-0.25, -0.2) is 0 Å². The second kappa shape index (κ2) is 3.53. The lowest BCUT2D eigenvalue weighted by Crippen LogP contribution is -2.49. The molecule has 2 heteroatoms. The Hall–Kier alpha value is -1.02. The van der Waals surface area contributed by atoms with Gasteiger partial charge in [0.25, 0.3) is 0 Å². The molecule has 3 rings (SSSR count). The number of fused-ring (bicyclic) bond motifs is 1. The van der Waals surface area contributed by atoms with Crippen LogP contribution in [-0.2, 0) is 6.42 Å². The Morgan fingerprint density at radius 2 is 2.13 bits per heavy atom. The van der Waals surface area contributed by atoms with E-state index in [0.717, 1.165) is 18.5 Å². The van der Waals surface area contributed by atoms with Gasteiger partial charge in [0.05, 0.1) is 0 Å². The molecule has 1 heterocycles. The fourth-order valence-corrected chi connectivity index (χ4v) is 2.94. The molecule has 1 saturated carbocycles. The summed E-state index contributed by atoms with van der Waals surface area (Å²) in [6.45, 7) is 2.05. The molecule has 80 valence electrons. The van der Waals surface area contributed by atoms with Crippen LogP contribution in [0.3, 0.4) is 0 Å². The molecule has 0 bridgehead atoms. The first-order chi connectivity index (χ1) is 7.40. The molecule has 0 aromatic heterocycles. The van der Waals surface area contributed by atoms with Crippen molar-refractivity contribution in [2.45, 2.75) is 25.3 Å². The van der Waals surface area contributed by atoms with Gasteiger partial charge in [0.2, 0.25) is 0 Å². The van der Waals surface area contributed by atoms with Crippen molar-refractivity contribution in [2.75, 3.05) is 18.0 Å². The molecule has 1 aromatic rings. The second-order valence-corrected chi connectivity index (χ2v) is 4.71. The number of hydrogen-bond donors (Lipinski definition) is 1. The Kier molecular flexibility index (Phi) is 2.17. The lowest BCUT2D eigenvalue weighted by atomic mass is 9.78. The molecule has 2 atom stereocenters. The topological polar surface area (TPSA) is 29.3 Å². The number of benzene rings is 1. The maximum absolute atomic E-state index is 5.79. The average Bonchev–Trinajstić information content (AvgIpc) is 2.62. The van der Waals surface area contributed by atoms with E-state index < -0.39 is 0 Å². The van der Waals surface area contributed by atoms with E-state index >= 15 is 0 Å². The Balaban J connectivity index is 1.85. The highest BCUT2D eigenvalue weighted by molar-refractivity contribution is 5.59. The van der Waals surface area contributed by atoms with E-state index in [-0.39, 0.29) is 0 Å². The van der Waals surface area contributed by atoms with Crippen LogP contribution in [-0.4, -0.2) is 19.1 Å². The lowest BCUT2D eigenvalue weighted by Gasteiger charge is -2.43. The summed E-state index contributed by atoms with van der Waals surface area (Å²) in [7, 11) is 0. The van der Waals surface area contributed by atoms with Gasteiger partial charge in [-0.2, -0.15) is 0 Å². The standard InChI is InChI=1S/C13H18N2/c14-9-11-5-6-13(11)15-8-7-10-3-1-2-4-12(10)15/h1-4,11,13H,5-9,14H2. The van der Waals surface area contributed by atoms with Crippen LogP contribution in [0.15, 0.2) is 24.3 Å². The van der Waals surface area contributed by atoms with Gasteiger partial charge in [-0.3, -0.25) is 0 Å². The third-order valence-corrected chi connectivity index (χ3v) is 4.00. The van der Waals surface area contributed by atoms with Gasteiger partial charge in [-0.1, -0.05) is 18.2 Å². The molecule has 1 aromatic carbocycles. The summed E-state index contributed by atoms with van der Waals surface area (Å²) in [5, 5.41) is 0. The van der Waals surface area contributed by atoms with Crippen molar-refractivity contribution in [1.82, 2.24) is 0 Å². The first-order valence-electron chi connectivity index (χ1n) is 5.95. The van der Waals surface area contributed by atoms with Crippen LogP contribution in [0.5, 0.6) is 0 Å². The smallest absolute Gasteiger partial charge is 0.0402 e. The Morgan fingerprint density at radius 1 is 1.27 bits per heavy atom. The summed E-state index contributed by atoms with van der Waals surface area (Å²) in [6.07, 6.45) is 3.86. The average molecular weight is 202 g/mol. The van der Waals surface area contributed by atoms with Gasteiger partial charge in [-0.05, 0) is 43.4 Å².